The molecule has 0 rings (SSSR count). The molecule has 4 heavy (non-hydrogen) atoms. The van der Waals surface area contributed by atoms with Gasteiger partial charge in [0, 0.05) is 0 Å². The molecule has 0 aliphatic rings. The molecule has 0 aromatic rings. The van der Waals surface area contributed by atoms with Gasteiger partial charge in [0.25, 0.3) is 0 Å². The molecule has 2 nitrogen and oxygen atoms in total. The fourth-order valence-electron chi connectivity index (χ4n) is 0. The van der Waals surface area contributed by atoms with Crippen LogP contribution < -0.4 is 0 Å². The van der Waals surface area contributed by atoms with Crippen LogP contribution in [0.3, 0.4) is 0 Å². The second-order valence-corrected chi connectivity index (χ2v) is 0. The summed E-state index contributed by atoms with van der Waals surface area (Å²) in [6.07, 6.45) is 0. The molecule has 0 aromatic heterocycles. The third-order valence-corrected chi connectivity index (χ3v) is 0. The standard InChI is InChI=1S/Fe.2O.Ti/q+2;2*-2;+4. The molecule has 0 amide bonds. The second-order valence-electron chi connectivity index (χ2n) is 0. The maximum Gasteiger partial charge on any atom is 4.00 e. The summed E-state index contributed by atoms with van der Waals surface area (Å²) in [4.78, 5) is 0. The Morgan fingerprint density at radius 3 is 0.750 bits per heavy atom. The van der Waals surface area contributed by atoms with Crippen molar-refractivity contribution in [3.8, 4) is 0 Å². The van der Waals surface area contributed by atoms with Gasteiger partial charge in [0.2, 0.25) is 0 Å². The van der Waals surface area contributed by atoms with Crippen molar-refractivity contribution in [1.82, 2.24) is 0 Å². The quantitative estimate of drug-likeness (QED) is 0.412. The van der Waals surface area contributed by atoms with E-state index in [9.17, 15) is 0 Å². The summed E-state index contributed by atoms with van der Waals surface area (Å²) in [6.45, 7) is 0. The molecule has 0 atom stereocenters. The number of hydrogen-bond acceptors (Lipinski definition) is 0. The van der Waals surface area contributed by atoms with Crippen LogP contribution in [-0.4, -0.2) is 0 Å². The van der Waals surface area contributed by atoms with Gasteiger partial charge in [-0.25, -0.2) is 0 Å². The first-order valence-electron chi connectivity index (χ1n) is 0. The minimum Gasteiger partial charge on any atom is -2.00 e. The summed E-state index contributed by atoms with van der Waals surface area (Å²) < 4.78 is 0. The van der Waals surface area contributed by atoms with Crippen molar-refractivity contribution in [3.63, 3.8) is 0 Å². The molecule has 0 aliphatic carbocycles. The molecule has 0 N–H and O–H groups in total. The van der Waals surface area contributed by atoms with Crippen molar-refractivity contribution in [3.05, 3.63) is 0 Å². The summed E-state index contributed by atoms with van der Waals surface area (Å²) >= 11 is 0. The first-order valence-corrected chi connectivity index (χ1v) is 0. The SMILES string of the molecule is [Fe+2].[O-2].[O-2].[Ti+4]. The van der Waals surface area contributed by atoms with E-state index in [1.54, 1.807) is 0 Å². The summed E-state index contributed by atoms with van der Waals surface area (Å²) in [7, 11) is 0. The van der Waals surface area contributed by atoms with Crippen LogP contribution in [0.1, 0.15) is 0 Å². The summed E-state index contributed by atoms with van der Waals surface area (Å²) in [5, 5.41) is 0. The van der Waals surface area contributed by atoms with Crippen molar-refractivity contribution in [2.75, 3.05) is 0 Å². The molecule has 0 radical (unpaired) electrons. The molecule has 0 spiro atoms. The number of hydrogen-bond donors (Lipinski definition) is 0. The predicted octanol–water partition coefficient (Wildman–Crippen LogP) is -0.243. The predicted molar refractivity (Wildman–Crippen MR) is 1.37 cm³/mol. The Bertz CT molecular complexity index is 6.00. The molecule has 0 unspecified atom stereocenters. The van der Waals surface area contributed by atoms with E-state index in [2.05, 4.69) is 0 Å². The zero-order valence-corrected chi connectivity index (χ0v) is 4.34. The topological polar surface area (TPSA) is 57.0 Å². The van der Waals surface area contributed by atoms with Gasteiger partial charge in [-0.2, -0.15) is 0 Å². The van der Waals surface area contributed by atoms with Crippen LogP contribution in [0.25, 0.3) is 0 Å². The maximum atomic E-state index is 0. The summed E-state index contributed by atoms with van der Waals surface area (Å²) in [5.41, 5.74) is 0. The van der Waals surface area contributed by atoms with Crippen molar-refractivity contribution in [2.45, 2.75) is 0 Å². The fraction of sp³-hybridized carbons (Fsp3) is 0. The minimum absolute atomic E-state index is 0. The molecule has 0 aromatic carbocycles. The van der Waals surface area contributed by atoms with Crippen LogP contribution in [0, 0.1) is 0 Å². The van der Waals surface area contributed by atoms with E-state index in [1.807, 2.05) is 0 Å². The Labute approximate surface area is 49.9 Å². The average molecular weight is 136 g/mol. The van der Waals surface area contributed by atoms with Crippen LogP contribution in [0.4, 0.5) is 0 Å². The first-order chi connectivity index (χ1) is 0. The first kappa shape index (κ1) is 66.8. The molecule has 0 aliphatic heterocycles. The molecule has 0 bridgehead atoms. The van der Waals surface area contributed by atoms with Crippen molar-refractivity contribution in [1.29, 1.82) is 0 Å². The third kappa shape index (κ3) is 11.0. The third-order valence-electron chi connectivity index (χ3n) is 0. The van der Waals surface area contributed by atoms with Gasteiger partial charge in [0.1, 0.15) is 0 Å². The molecule has 0 saturated carbocycles. The van der Waals surface area contributed by atoms with Gasteiger partial charge in [-0.05, 0) is 0 Å². The minimum atomic E-state index is 0. The molecule has 0 heterocycles. The molecule has 22 valence electrons. The van der Waals surface area contributed by atoms with Gasteiger partial charge < -0.3 is 11.0 Å². The largest absolute Gasteiger partial charge is 4.00 e. The van der Waals surface area contributed by atoms with Crippen LogP contribution in [-0.2, 0) is 49.7 Å². The van der Waals surface area contributed by atoms with E-state index < -0.39 is 0 Å². The molecule has 4 heteroatoms. The van der Waals surface area contributed by atoms with Crippen LogP contribution >= 0.6 is 0 Å². The van der Waals surface area contributed by atoms with Gasteiger partial charge in [-0.3, -0.25) is 0 Å². The van der Waals surface area contributed by atoms with Crippen molar-refractivity contribution < 1.29 is 49.7 Å². The average Bonchev–Trinajstić information content (AvgIpc) is 0. The van der Waals surface area contributed by atoms with Gasteiger partial charge in [0.05, 0.1) is 0 Å². The summed E-state index contributed by atoms with van der Waals surface area (Å²) in [5.74, 6) is 0. The zero-order chi connectivity index (χ0) is 0. The van der Waals surface area contributed by atoms with Gasteiger partial charge in [-0.1, -0.05) is 0 Å². The Kier molecular flexibility index (Phi) is 518. The normalized spacial score (nSPS) is 0. The monoisotopic (exact) mass is 136 g/mol. The van der Waals surface area contributed by atoms with E-state index in [1.165, 1.54) is 0 Å². The Hall–Kier alpha value is 1.15. The molecular weight excluding hydrogens is 136 g/mol. The van der Waals surface area contributed by atoms with E-state index >= 15 is 0 Å². The zero-order valence-electron chi connectivity index (χ0n) is 1.67. The summed E-state index contributed by atoms with van der Waals surface area (Å²) in [6, 6.07) is 0. The fourth-order valence-corrected chi connectivity index (χ4v) is 0. The Morgan fingerprint density at radius 1 is 0.750 bits per heavy atom. The smallest absolute Gasteiger partial charge is 2.00 e. The van der Waals surface area contributed by atoms with E-state index in [4.69, 9.17) is 0 Å². The Morgan fingerprint density at radius 2 is 0.750 bits per heavy atom. The van der Waals surface area contributed by atoms with Gasteiger partial charge >= 0.3 is 38.8 Å². The van der Waals surface area contributed by atoms with Crippen LogP contribution in [0.5, 0.6) is 0 Å². The van der Waals surface area contributed by atoms with E-state index in [-0.39, 0.29) is 49.7 Å². The number of rotatable bonds is 0. The van der Waals surface area contributed by atoms with E-state index in [0.717, 1.165) is 0 Å². The Balaban J connectivity index is 0. The van der Waals surface area contributed by atoms with E-state index in [0.29, 0.717) is 0 Å². The van der Waals surface area contributed by atoms with Crippen LogP contribution in [0.2, 0.25) is 0 Å². The van der Waals surface area contributed by atoms with Crippen LogP contribution in [0.15, 0.2) is 0 Å². The molecule has 0 saturated heterocycles. The molecule has 0 fully saturated rings. The van der Waals surface area contributed by atoms with Gasteiger partial charge in [-0.15, -0.1) is 0 Å². The second kappa shape index (κ2) is 31.0. The van der Waals surface area contributed by atoms with Crippen molar-refractivity contribution in [2.24, 2.45) is 0 Å². The van der Waals surface area contributed by atoms with Gasteiger partial charge in [0.15, 0.2) is 0 Å². The van der Waals surface area contributed by atoms with Crippen molar-refractivity contribution >= 4 is 0 Å². The molecular formula is FeO2Ti+2. The maximum absolute atomic E-state index is 0.